The second kappa shape index (κ2) is 29.9. The molecule has 0 bridgehead atoms. The van der Waals surface area contributed by atoms with Crippen molar-refractivity contribution in [2.24, 2.45) is 11.5 Å². The molecule has 13 nitrogen and oxygen atoms in total. The molecule has 0 aromatic rings. The minimum absolute atomic E-state index is 0.137. The standard InChI is InChI=1S/C21H44N2O11/c22-1-2-25-3-4-26-5-6-27-7-8-28-9-10-29-11-12-30-13-14-31-15-16-32-17-18-33-19-20-34-21(23)24/h1-20,22H2,(H2,23,24). The molecule has 13 heteroatoms. The molecule has 0 rings (SSSR count). The van der Waals surface area contributed by atoms with Crippen molar-refractivity contribution in [2.75, 3.05) is 132 Å². The Kier molecular flexibility index (Phi) is 28.9. The number of primary amides is 1. The third-order valence-corrected chi connectivity index (χ3v) is 3.71. The van der Waals surface area contributed by atoms with Crippen molar-refractivity contribution in [1.82, 2.24) is 0 Å². The lowest BCUT2D eigenvalue weighted by atomic mass is 10.6. The summed E-state index contributed by atoms with van der Waals surface area (Å²) >= 11 is 0. The Bertz CT molecular complexity index is 409. The molecule has 0 saturated carbocycles. The van der Waals surface area contributed by atoms with E-state index in [0.29, 0.717) is 119 Å². The van der Waals surface area contributed by atoms with Crippen LogP contribution in [0.4, 0.5) is 4.79 Å². The average Bonchev–Trinajstić information content (AvgIpc) is 2.83. The molecule has 0 fully saturated rings. The Labute approximate surface area is 202 Å². The van der Waals surface area contributed by atoms with Gasteiger partial charge in [-0.2, -0.15) is 0 Å². The van der Waals surface area contributed by atoms with Crippen LogP contribution in [-0.2, 0) is 47.4 Å². The molecule has 0 aromatic carbocycles. The summed E-state index contributed by atoms with van der Waals surface area (Å²) < 4.78 is 52.6. The molecule has 34 heavy (non-hydrogen) atoms. The van der Waals surface area contributed by atoms with Gasteiger partial charge in [-0.3, -0.25) is 0 Å². The van der Waals surface area contributed by atoms with E-state index in [4.69, 9.17) is 54.1 Å². The van der Waals surface area contributed by atoms with Crippen LogP contribution in [0.25, 0.3) is 0 Å². The highest BCUT2D eigenvalue weighted by atomic mass is 16.6. The number of carbonyl (C=O) groups is 1. The highest BCUT2D eigenvalue weighted by Gasteiger charge is 1.96. The summed E-state index contributed by atoms with van der Waals surface area (Å²) in [5, 5.41) is 0. The highest BCUT2D eigenvalue weighted by Crippen LogP contribution is 1.86. The Hall–Kier alpha value is -1.13. The van der Waals surface area contributed by atoms with E-state index in [1.54, 1.807) is 0 Å². The number of nitrogens with two attached hydrogens (primary N) is 2. The monoisotopic (exact) mass is 500 g/mol. The maximum Gasteiger partial charge on any atom is 0.404 e. The van der Waals surface area contributed by atoms with Crippen molar-refractivity contribution in [3.8, 4) is 0 Å². The molecule has 0 atom stereocenters. The first-order valence-corrected chi connectivity index (χ1v) is 11.6. The van der Waals surface area contributed by atoms with Crippen LogP contribution in [0.2, 0.25) is 0 Å². The van der Waals surface area contributed by atoms with Gasteiger partial charge in [0.1, 0.15) is 6.61 Å². The van der Waals surface area contributed by atoms with Crippen LogP contribution in [0.5, 0.6) is 0 Å². The maximum atomic E-state index is 10.3. The van der Waals surface area contributed by atoms with Gasteiger partial charge < -0.3 is 58.8 Å². The van der Waals surface area contributed by atoms with Crippen molar-refractivity contribution in [2.45, 2.75) is 0 Å². The Balaban J connectivity index is 3.01. The number of carbonyl (C=O) groups excluding carboxylic acids is 1. The summed E-state index contributed by atoms with van der Waals surface area (Å²) in [5.74, 6) is 0. The minimum Gasteiger partial charge on any atom is -0.447 e. The van der Waals surface area contributed by atoms with Crippen LogP contribution in [0.15, 0.2) is 0 Å². The van der Waals surface area contributed by atoms with E-state index >= 15 is 0 Å². The fourth-order valence-electron chi connectivity index (χ4n) is 2.15. The van der Waals surface area contributed by atoms with Gasteiger partial charge in [0.05, 0.1) is 119 Å². The van der Waals surface area contributed by atoms with E-state index in [1.165, 1.54) is 0 Å². The molecular formula is C21H44N2O11. The van der Waals surface area contributed by atoms with Gasteiger partial charge in [-0.05, 0) is 0 Å². The van der Waals surface area contributed by atoms with E-state index in [-0.39, 0.29) is 13.2 Å². The van der Waals surface area contributed by atoms with Crippen LogP contribution in [0.1, 0.15) is 0 Å². The minimum atomic E-state index is -0.809. The van der Waals surface area contributed by atoms with Crippen molar-refractivity contribution in [3.05, 3.63) is 0 Å². The molecule has 0 aliphatic rings. The molecule has 4 N–H and O–H groups in total. The molecule has 0 unspecified atom stereocenters. The smallest absolute Gasteiger partial charge is 0.404 e. The predicted octanol–water partition coefficient (Wildman–Crippen LogP) is -0.810. The lowest BCUT2D eigenvalue weighted by Crippen LogP contribution is -2.17. The fraction of sp³-hybridized carbons (Fsp3) is 0.952. The van der Waals surface area contributed by atoms with Gasteiger partial charge in [-0.25, -0.2) is 4.79 Å². The zero-order chi connectivity index (χ0) is 24.8. The van der Waals surface area contributed by atoms with Crippen LogP contribution in [0.3, 0.4) is 0 Å². The van der Waals surface area contributed by atoms with Gasteiger partial charge in [0.25, 0.3) is 0 Å². The molecule has 1 amide bonds. The second-order valence-corrected chi connectivity index (χ2v) is 6.47. The number of hydrogen-bond acceptors (Lipinski definition) is 12. The zero-order valence-corrected chi connectivity index (χ0v) is 20.3. The average molecular weight is 501 g/mol. The van der Waals surface area contributed by atoms with Crippen molar-refractivity contribution in [3.63, 3.8) is 0 Å². The van der Waals surface area contributed by atoms with Gasteiger partial charge in [0.2, 0.25) is 0 Å². The zero-order valence-electron chi connectivity index (χ0n) is 20.3. The number of hydrogen-bond donors (Lipinski definition) is 2. The van der Waals surface area contributed by atoms with E-state index in [0.717, 1.165) is 0 Å². The van der Waals surface area contributed by atoms with Crippen LogP contribution < -0.4 is 11.5 Å². The molecular weight excluding hydrogens is 456 g/mol. The van der Waals surface area contributed by atoms with Crippen molar-refractivity contribution >= 4 is 6.09 Å². The third kappa shape index (κ3) is 30.9. The van der Waals surface area contributed by atoms with Gasteiger partial charge in [0.15, 0.2) is 0 Å². The Morgan fingerprint density at radius 2 is 0.588 bits per heavy atom. The molecule has 0 spiro atoms. The summed E-state index contributed by atoms with van der Waals surface area (Å²) in [5.41, 5.74) is 10.1. The first kappa shape index (κ1) is 32.9. The molecule has 0 aliphatic heterocycles. The number of rotatable bonds is 29. The largest absolute Gasteiger partial charge is 0.447 e. The first-order valence-electron chi connectivity index (χ1n) is 11.6. The summed E-state index contributed by atoms with van der Waals surface area (Å²) in [6.45, 7) is 9.45. The van der Waals surface area contributed by atoms with Crippen molar-refractivity contribution in [1.29, 1.82) is 0 Å². The Morgan fingerprint density at radius 1 is 0.382 bits per heavy atom. The number of ether oxygens (including phenoxy) is 10. The molecule has 0 heterocycles. The van der Waals surface area contributed by atoms with Crippen LogP contribution in [0, 0.1) is 0 Å². The van der Waals surface area contributed by atoms with Crippen LogP contribution >= 0.6 is 0 Å². The van der Waals surface area contributed by atoms with Crippen molar-refractivity contribution < 1.29 is 52.2 Å². The molecule has 0 aliphatic carbocycles. The fourth-order valence-corrected chi connectivity index (χ4v) is 2.15. The third-order valence-electron chi connectivity index (χ3n) is 3.71. The predicted molar refractivity (Wildman–Crippen MR) is 122 cm³/mol. The molecule has 0 radical (unpaired) electrons. The lowest BCUT2D eigenvalue weighted by Gasteiger charge is -2.09. The quantitative estimate of drug-likeness (QED) is 0.123. The summed E-state index contributed by atoms with van der Waals surface area (Å²) in [6, 6.07) is 0. The Morgan fingerprint density at radius 3 is 0.794 bits per heavy atom. The molecule has 204 valence electrons. The van der Waals surface area contributed by atoms with Gasteiger partial charge in [0, 0.05) is 6.54 Å². The van der Waals surface area contributed by atoms with Gasteiger partial charge in [-0.1, -0.05) is 0 Å². The number of amides is 1. The topological polar surface area (TPSA) is 161 Å². The molecule has 0 aromatic heterocycles. The van der Waals surface area contributed by atoms with Gasteiger partial charge in [-0.15, -0.1) is 0 Å². The van der Waals surface area contributed by atoms with E-state index in [2.05, 4.69) is 4.74 Å². The normalized spacial score (nSPS) is 11.2. The highest BCUT2D eigenvalue weighted by molar-refractivity contribution is 5.64. The van der Waals surface area contributed by atoms with E-state index in [9.17, 15) is 4.79 Å². The SMILES string of the molecule is NCCOCCOCCOCCOCCOCCOCCOCCOCCOCCOC(N)=O. The summed E-state index contributed by atoms with van der Waals surface area (Å²) in [7, 11) is 0. The maximum absolute atomic E-state index is 10.3. The first-order chi connectivity index (χ1) is 16.8. The summed E-state index contributed by atoms with van der Waals surface area (Å²) in [6.07, 6.45) is -0.809. The van der Waals surface area contributed by atoms with E-state index in [1.807, 2.05) is 0 Å². The van der Waals surface area contributed by atoms with Gasteiger partial charge >= 0.3 is 6.09 Å². The molecule has 0 saturated heterocycles. The lowest BCUT2D eigenvalue weighted by molar-refractivity contribution is -0.0255. The second-order valence-electron chi connectivity index (χ2n) is 6.47. The summed E-state index contributed by atoms with van der Waals surface area (Å²) in [4.78, 5) is 10.3. The van der Waals surface area contributed by atoms with Crippen LogP contribution in [-0.4, -0.2) is 138 Å². The van der Waals surface area contributed by atoms with E-state index < -0.39 is 6.09 Å².